The van der Waals surface area contributed by atoms with Crippen molar-refractivity contribution in [3.63, 3.8) is 0 Å². The van der Waals surface area contributed by atoms with Gasteiger partial charge in [0.2, 0.25) is 0 Å². The summed E-state index contributed by atoms with van der Waals surface area (Å²) in [7, 11) is 0. The molecular formula is C13H10O4. The highest BCUT2D eigenvalue weighted by Gasteiger charge is 2.07. The van der Waals surface area contributed by atoms with Gasteiger partial charge in [0.1, 0.15) is 11.5 Å². The van der Waals surface area contributed by atoms with Crippen LogP contribution in [0, 0.1) is 0 Å². The molecule has 0 unspecified atom stereocenters. The summed E-state index contributed by atoms with van der Waals surface area (Å²) in [6, 6.07) is 10.4. The summed E-state index contributed by atoms with van der Waals surface area (Å²) in [5.74, 6) is -1.07. The smallest absolute Gasteiger partial charge is 0.335 e. The normalized spacial score (nSPS) is 10.1. The van der Waals surface area contributed by atoms with Crippen molar-refractivity contribution in [2.24, 2.45) is 0 Å². The van der Waals surface area contributed by atoms with Crippen LogP contribution in [-0.2, 0) is 0 Å². The highest BCUT2D eigenvalue weighted by Crippen LogP contribution is 2.26. The van der Waals surface area contributed by atoms with Crippen LogP contribution in [0.3, 0.4) is 0 Å². The van der Waals surface area contributed by atoms with Crippen molar-refractivity contribution in [2.75, 3.05) is 0 Å². The van der Waals surface area contributed by atoms with E-state index >= 15 is 0 Å². The van der Waals surface area contributed by atoms with Crippen LogP contribution >= 0.6 is 0 Å². The molecule has 0 bridgehead atoms. The first-order chi connectivity index (χ1) is 8.06. The van der Waals surface area contributed by atoms with Crippen LogP contribution in [0.2, 0.25) is 0 Å². The maximum Gasteiger partial charge on any atom is 0.335 e. The van der Waals surface area contributed by atoms with Crippen LogP contribution in [0.25, 0.3) is 11.1 Å². The Hall–Kier alpha value is -2.49. The lowest BCUT2D eigenvalue weighted by Crippen LogP contribution is -1.96. The van der Waals surface area contributed by atoms with E-state index in [1.807, 2.05) is 0 Å². The van der Waals surface area contributed by atoms with E-state index in [1.54, 1.807) is 12.1 Å². The molecule has 0 aliphatic rings. The molecule has 0 aliphatic carbocycles. The standard InChI is InChI=1S/C13H10O4/c14-11-3-1-8(2-4-11)9-5-10(13(16)17)7-12(15)6-9/h1-7,14-15H,(H,16,17). The van der Waals surface area contributed by atoms with Gasteiger partial charge in [-0.05, 0) is 41.5 Å². The van der Waals surface area contributed by atoms with Gasteiger partial charge in [-0.1, -0.05) is 12.1 Å². The number of aromatic carboxylic acids is 1. The highest BCUT2D eigenvalue weighted by atomic mass is 16.4. The Morgan fingerprint density at radius 1 is 0.824 bits per heavy atom. The topological polar surface area (TPSA) is 77.8 Å². The van der Waals surface area contributed by atoms with Gasteiger partial charge in [-0.25, -0.2) is 4.79 Å². The van der Waals surface area contributed by atoms with Crippen molar-refractivity contribution in [2.45, 2.75) is 0 Å². The van der Waals surface area contributed by atoms with Crippen molar-refractivity contribution in [3.8, 4) is 22.6 Å². The third kappa shape index (κ3) is 2.36. The molecule has 0 heterocycles. The first-order valence-electron chi connectivity index (χ1n) is 4.93. The molecule has 4 nitrogen and oxygen atoms in total. The monoisotopic (exact) mass is 230 g/mol. The number of carbonyl (C=O) groups is 1. The summed E-state index contributed by atoms with van der Waals surface area (Å²) in [4.78, 5) is 10.8. The summed E-state index contributed by atoms with van der Waals surface area (Å²) >= 11 is 0. The van der Waals surface area contributed by atoms with Crippen LogP contribution in [0.4, 0.5) is 0 Å². The summed E-state index contributed by atoms with van der Waals surface area (Å²) < 4.78 is 0. The SMILES string of the molecule is O=C(O)c1cc(O)cc(-c2ccc(O)cc2)c1. The van der Waals surface area contributed by atoms with E-state index in [4.69, 9.17) is 10.2 Å². The highest BCUT2D eigenvalue weighted by molar-refractivity contribution is 5.90. The molecule has 0 radical (unpaired) electrons. The Kier molecular flexibility index (Phi) is 2.70. The lowest BCUT2D eigenvalue weighted by molar-refractivity contribution is 0.0696. The Labute approximate surface area is 97.4 Å². The fourth-order valence-corrected chi connectivity index (χ4v) is 1.56. The van der Waals surface area contributed by atoms with Crippen LogP contribution in [0.5, 0.6) is 11.5 Å². The minimum Gasteiger partial charge on any atom is -0.508 e. The molecule has 0 aliphatic heterocycles. The van der Waals surface area contributed by atoms with Crippen LogP contribution in [-0.4, -0.2) is 21.3 Å². The number of carboxylic acid groups (broad SMARTS) is 1. The van der Waals surface area contributed by atoms with E-state index in [9.17, 15) is 9.90 Å². The van der Waals surface area contributed by atoms with Crippen LogP contribution in [0.1, 0.15) is 10.4 Å². The molecule has 2 aromatic rings. The zero-order valence-electron chi connectivity index (χ0n) is 8.79. The second-order valence-electron chi connectivity index (χ2n) is 3.62. The predicted octanol–water partition coefficient (Wildman–Crippen LogP) is 2.46. The lowest BCUT2D eigenvalue weighted by atomic mass is 10.0. The third-order valence-corrected chi connectivity index (χ3v) is 2.37. The molecule has 0 aromatic heterocycles. The van der Waals surface area contributed by atoms with Crippen molar-refractivity contribution in [1.82, 2.24) is 0 Å². The minimum atomic E-state index is -1.10. The number of hydrogen-bond donors (Lipinski definition) is 3. The largest absolute Gasteiger partial charge is 0.508 e. The predicted molar refractivity (Wildman–Crippen MR) is 62.2 cm³/mol. The first kappa shape index (κ1) is 11.0. The Morgan fingerprint density at radius 3 is 2.06 bits per heavy atom. The average Bonchev–Trinajstić information content (AvgIpc) is 2.29. The summed E-state index contributed by atoms with van der Waals surface area (Å²) in [5, 5.41) is 27.5. The molecule has 0 saturated heterocycles. The van der Waals surface area contributed by atoms with E-state index in [1.165, 1.54) is 30.3 Å². The molecule has 0 fully saturated rings. The van der Waals surface area contributed by atoms with Gasteiger partial charge < -0.3 is 15.3 Å². The number of aromatic hydroxyl groups is 2. The lowest BCUT2D eigenvalue weighted by Gasteiger charge is -2.04. The summed E-state index contributed by atoms with van der Waals surface area (Å²) in [6.07, 6.45) is 0. The molecule has 3 N–H and O–H groups in total. The van der Waals surface area contributed by atoms with Gasteiger partial charge in [0, 0.05) is 0 Å². The Bertz CT molecular complexity index is 558. The van der Waals surface area contributed by atoms with Gasteiger partial charge in [-0.15, -0.1) is 0 Å². The van der Waals surface area contributed by atoms with Crippen molar-refractivity contribution >= 4 is 5.97 Å². The number of phenols is 2. The van der Waals surface area contributed by atoms with E-state index in [2.05, 4.69) is 0 Å². The second kappa shape index (κ2) is 4.17. The molecule has 0 spiro atoms. The number of phenolic OH excluding ortho intramolecular Hbond substituents is 2. The van der Waals surface area contributed by atoms with Crippen LogP contribution < -0.4 is 0 Å². The number of carboxylic acids is 1. The Morgan fingerprint density at radius 2 is 1.47 bits per heavy atom. The average molecular weight is 230 g/mol. The number of benzene rings is 2. The quantitative estimate of drug-likeness (QED) is 0.740. The minimum absolute atomic E-state index is 0.0214. The summed E-state index contributed by atoms with van der Waals surface area (Å²) in [5.41, 5.74) is 1.33. The van der Waals surface area contributed by atoms with Gasteiger partial charge in [0.05, 0.1) is 5.56 Å². The molecule has 17 heavy (non-hydrogen) atoms. The number of rotatable bonds is 2. The summed E-state index contributed by atoms with van der Waals surface area (Å²) in [6.45, 7) is 0. The molecule has 0 amide bonds. The van der Waals surface area contributed by atoms with E-state index in [-0.39, 0.29) is 17.1 Å². The second-order valence-corrected chi connectivity index (χ2v) is 3.62. The fraction of sp³-hybridized carbons (Fsp3) is 0. The molecule has 2 rings (SSSR count). The van der Waals surface area contributed by atoms with Gasteiger partial charge in [0.15, 0.2) is 0 Å². The molecular weight excluding hydrogens is 220 g/mol. The van der Waals surface area contributed by atoms with Crippen molar-refractivity contribution < 1.29 is 20.1 Å². The molecule has 86 valence electrons. The van der Waals surface area contributed by atoms with Crippen molar-refractivity contribution in [1.29, 1.82) is 0 Å². The first-order valence-corrected chi connectivity index (χ1v) is 4.93. The van der Waals surface area contributed by atoms with Crippen molar-refractivity contribution in [3.05, 3.63) is 48.0 Å². The van der Waals surface area contributed by atoms with Gasteiger partial charge >= 0.3 is 5.97 Å². The maximum atomic E-state index is 10.8. The van der Waals surface area contributed by atoms with Gasteiger partial charge in [0.25, 0.3) is 0 Å². The van der Waals surface area contributed by atoms with Crippen LogP contribution in [0.15, 0.2) is 42.5 Å². The molecule has 0 saturated carbocycles. The zero-order chi connectivity index (χ0) is 12.4. The zero-order valence-corrected chi connectivity index (χ0v) is 8.79. The molecule has 2 aromatic carbocycles. The fourth-order valence-electron chi connectivity index (χ4n) is 1.56. The third-order valence-electron chi connectivity index (χ3n) is 2.37. The number of hydrogen-bond acceptors (Lipinski definition) is 3. The van der Waals surface area contributed by atoms with E-state index in [0.29, 0.717) is 5.56 Å². The van der Waals surface area contributed by atoms with Gasteiger partial charge in [-0.2, -0.15) is 0 Å². The van der Waals surface area contributed by atoms with Gasteiger partial charge in [-0.3, -0.25) is 0 Å². The molecule has 0 atom stereocenters. The van der Waals surface area contributed by atoms with E-state index in [0.717, 1.165) is 5.56 Å². The maximum absolute atomic E-state index is 10.8. The molecule has 4 heteroatoms. The Balaban J connectivity index is 2.51. The van der Waals surface area contributed by atoms with E-state index < -0.39 is 5.97 Å².